The Bertz CT molecular complexity index is 560. The molecule has 90 valence electrons. The molecule has 0 radical (unpaired) electrons. The van der Waals surface area contributed by atoms with Crippen LogP contribution in [0.15, 0.2) is 10.9 Å². The highest BCUT2D eigenvalue weighted by molar-refractivity contribution is 9.10. The van der Waals surface area contributed by atoms with Gasteiger partial charge in [0.1, 0.15) is 16.7 Å². The van der Waals surface area contributed by atoms with Crippen molar-refractivity contribution in [2.75, 3.05) is 5.32 Å². The molecule has 0 aliphatic heterocycles. The molecule has 1 unspecified atom stereocenters. The third kappa shape index (κ3) is 1.90. The molecular formula is C11H14BrN5. The standard InChI is InChI=1S/C11H14BrN5/c1-6(7-3-4-7)15-10-8-9(12)16-17(2)11(8)14-5-13-10/h5-7H,3-4H2,1-2H3,(H,13,14,15). The summed E-state index contributed by atoms with van der Waals surface area (Å²) < 4.78 is 2.55. The number of fused-ring (bicyclic) bond motifs is 1. The number of anilines is 1. The van der Waals surface area contributed by atoms with Crippen LogP contribution >= 0.6 is 15.9 Å². The highest BCUT2D eigenvalue weighted by Gasteiger charge is 2.28. The van der Waals surface area contributed by atoms with Crippen LogP contribution in [-0.4, -0.2) is 25.8 Å². The minimum atomic E-state index is 0.459. The van der Waals surface area contributed by atoms with Crippen LogP contribution in [0.3, 0.4) is 0 Å². The molecule has 2 heterocycles. The minimum Gasteiger partial charge on any atom is -0.367 e. The van der Waals surface area contributed by atoms with E-state index in [4.69, 9.17) is 0 Å². The second-order valence-electron chi connectivity index (χ2n) is 4.61. The predicted molar refractivity (Wildman–Crippen MR) is 69.8 cm³/mol. The fourth-order valence-corrected chi connectivity index (χ4v) is 2.68. The van der Waals surface area contributed by atoms with Crippen molar-refractivity contribution in [3.8, 4) is 0 Å². The van der Waals surface area contributed by atoms with Crippen molar-refractivity contribution >= 4 is 32.8 Å². The molecule has 2 aromatic rings. The highest BCUT2D eigenvalue weighted by Crippen LogP contribution is 2.35. The van der Waals surface area contributed by atoms with Gasteiger partial charge in [0.2, 0.25) is 0 Å². The summed E-state index contributed by atoms with van der Waals surface area (Å²) in [6, 6.07) is 0.459. The Hall–Kier alpha value is -1.17. The molecule has 1 aliphatic rings. The summed E-state index contributed by atoms with van der Waals surface area (Å²) in [6.45, 7) is 2.20. The molecule has 0 saturated heterocycles. The van der Waals surface area contributed by atoms with E-state index in [-0.39, 0.29) is 0 Å². The zero-order valence-corrected chi connectivity index (χ0v) is 11.4. The van der Waals surface area contributed by atoms with Crippen molar-refractivity contribution in [2.24, 2.45) is 13.0 Å². The first-order valence-electron chi connectivity index (χ1n) is 5.76. The van der Waals surface area contributed by atoms with Gasteiger partial charge >= 0.3 is 0 Å². The number of halogens is 1. The van der Waals surface area contributed by atoms with Crippen LogP contribution in [0.5, 0.6) is 0 Å². The number of nitrogens with one attached hydrogen (secondary N) is 1. The summed E-state index contributed by atoms with van der Waals surface area (Å²) in [4.78, 5) is 8.58. The van der Waals surface area contributed by atoms with Crippen LogP contribution in [0.1, 0.15) is 19.8 Å². The summed E-state index contributed by atoms with van der Waals surface area (Å²) in [5.41, 5.74) is 0.845. The van der Waals surface area contributed by atoms with E-state index in [2.05, 4.69) is 43.2 Å². The normalized spacial score (nSPS) is 17.4. The maximum Gasteiger partial charge on any atom is 0.164 e. The van der Waals surface area contributed by atoms with Gasteiger partial charge in [-0.05, 0) is 41.6 Å². The summed E-state index contributed by atoms with van der Waals surface area (Å²) in [5.74, 6) is 1.66. The van der Waals surface area contributed by atoms with Gasteiger partial charge in [0.25, 0.3) is 0 Å². The quantitative estimate of drug-likeness (QED) is 0.944. The van der Waals surface area contributed by atoms with Crippen molar-refractivity contribution in [3.05, 3.63) is 10.9 Å². The lowest BCUT2D eigenvalue weighted by Crippen LogP contribution is -2.18. The fourth-order valence-electron chi connectivity index (χ4n) is 2.08. The van der Waals surface area contributed by atoms with E-state index < -0.39 is 0 Å². The summed E-state index contributed by atoms with van der Waals surface area (Å²) in [5, 5.41) is 8.74. The molecule has 17 heavy (non-hydrogen) atoms. The Labute approximate surface area is 108 Å². The van der Waals surface area contributed by atoms with Crippen molar-refractivity contribution in [2.45, 2.75) is 25.8 Å². The van der Waals surface area contributed by atoms with Crippen LogP contribution in [0.25, 0.3) is 11.0 Å². The molecule has 1 atom stereocenters. The highest BCUT2D eigenvalue weighted by atomic mass is 79.9. The second-order valence-corrected chi connectivity index (χ2v) is 5.36. The van der Waals surface area contributed by atoms with Crippen LogP contribution in [0, 0.1) is 5.92 Å². The maximum atomic E-state index is 4.33. The number of rotatable bonds is 3. The Morgan fingerprint density at radius 1 is 1.47 bits per heavy atom. The van der Waals surface area contributed by atoms with Gasteiger partial charge in [-0.3, -0.25) is 0 Å². The van der Waals surface area contributed by atoms with E-state index in [0.29, 0.717) is 6.04 Å². The van der Waals surface area contributed by atoms with E-state index in [1.165, 1.54) is 12.8 Å². The first kappa shape index (κ1) is 11.0. The smallest absolute Gasteiger partial charge is 0.164 e. The lowest BCUT2D eigenvalue weighted by molar-refractivity contribution is 0.691. The maximum absolute atomic E-state index is 4.33. The average molecular weight is 296 g/mol. The molecule has 0 aromatic carbocycles. The Morgan fingerprint density at radius 2 is 2.24 bits per heavy atom. The SMILES string of the molecule is CC(Nc1ncnc2c1c(Br)nn2C)C1CC1. The first-order chi connectivity index (χ1) is 8.16. The lowest BCUT2D eigenvalue weighted by Gasteiger charge is -2.13. The van der Waals surface area contributed by atoms with Gasteiger partial charge < -0.3 is 5.32 Å². The van der Waals surface area contributed by atoms with Gasteiger partial charge in [0.15, 0.2) is 5.65 Å². The minimum absolute atomic E-state index is 0.459. The van der Waals surface area contributed by atoms with Gasteiger partial charge in [-0.2, -0.15) is 5.10 Å². The largest absolute Gasteiger partial charge is 0.367 e. The molecule has 0 spiro atoms. The third-order valence-corrected chi connectivity index (χ3v) is 3.83. The Balaban J connectivity index is 2.03. The summed E-state index contributed by atoms with van der Waals surface area (Å²) >= 11 is 3.46. The van der Waals surface area contributed by atoms with Gasteiger partial charge in [-0.25, -0.2) is 14.6 Å². The van der Waals surface area contributed by atoms with Gasteiger partial charge in [-0.15, -0.1) is 0 Å². The van der Waals surface area contributed by atoms with Crippen LogP contribution in [-0.2, 0) is 7.05 Å². The number of aromatic nitrogens is 4. The molecule has 1 fully saturated rings. The summed E-state index contributed by atoms with van der Waals surface area (Å²) in [6.07, 6.45) is 4.21. The molecule has 6 heteroatoms. The van der Waals surface area contributed by atoms with Crippen LogP contribution in [0.4, 0.5) is 5.82 Å². The van der Waals surface area contributed by atoms with Gasteiger partial charge in [0.05, 0.1) is 5.39 Å². The summed E-state index contributed by atoms with van der Waals surface area (Å²) in [7, 11) is 1.88. The molecule has 0 amide bonds. The van der Waals surface area contributed by atoms with E-state index in [9.17, 15) is 0 Å². The second kappa shape index (κ2) is 3.94. The topological polar surface area (TPSA) is 55.6 Å². The average Bonchev–Trinajstić information content (AvgIpc) is 3.08. The molecular weight excluding hydrogens is 282 g/mol. The van der Waals surface area contributed by atoms with E-state index >= 15 is 0 Å². The molecule has 1 saturated carbocycles. The van der Waals surface area contributed by atoms with Gasteiger partial charge in [0, 0.05) is 13.1 Å². The van der Waals surface area contributed by atoms with Crippen molar-refractivity contribution < 1.29 is 0 Å². The molecule has 5 nitrogen and oxygen atoms in total. The van der Waals surface area contributed by atoms with Crippen molar-refractivity contribution in [1.82, 2.24) is 19.7 Å². The number of hydrogen-bond donors (Lipinski definition) is 1. The fraction of sp³-hybridized carbons (Fsp3) is 0.545. The first-order valence-corrected chi connectivity index (χ1v) is 6.56. The Kier molecular flexibility index (Phi) is 2.54. The number of aryl methyl sites for hydroxylation is 1. The third-order valence-electron chi connectivity index (χ3n) is 3.27. The molecule has 1 aliphatic carbocycles. The Morgan fingerprint density at radius 3 is 2.94 bits per heavy atom. The van der Waals surface area contributed by atoms with Crippen molar-refractivity contribution in [1.29, 1.82) is 0 Å². The van der Waals surface area contributed by atoms with Gasteiger partial charge in [-0.1, -0.05) is 0 Å². The molecule has 1 N–H and O–H groups in total. The molecule has 2 aromatic heterocycles. The monoisotopic (exact) mass is 295 g/mol. The zero-order chi connectivity index (χ0) is 12.0. The van der Waals surface area contributed by atoms with Crippen LogP contribution < -0.4 is 5.32 Å². The number of nitrogens with zero attached hydrogens (tertiary/aromatic N) is 4. The molecule has 0 bridgehead atoms. The number of hydrogen-bond acceptors (Lipinski definition) is 4. The lowest BCUT2D eigenvalue weighted by atomic mass is 10.2. The van der Waals surface area contributed by atoms with E-state index in [1.807, 2.05) is 7.05 Å². The zero-order valence-electron chi connectivity index (χ0n) is 9.81. The van der Waals surface area contributed by atoms with Crippen LogP contribution in [0.2, 0.25) is 0 Å². The van der Waals surface area contributed by atoms with E-state index in [1.54, 1.807) is 11.0 Å². The van der Waals surface area contributed by atoms with E-state index in [0.717, 1.165) is 27.4 Å². The predicted octanol–water partition coefficient (Wildman–Crippen LogP) is 2.34. The molecule has 3 rings (SSSR count). The van der Waals surface area contributed by atoms with Crippen molar-refractivity contribution in [3.63, 3.8) is 0 Å².